The standard InChI is InChI=1S/C9H16O4/c1-12-8(10)6-3-4-7(5-6)9(11)13-2/h6-8,10H,3-5H2,1-2H3. The van der Waals surface area contributed by atoms with Crippen LogP contribution < -0.4 is 0 Å². The lowest BCUT2D eigenvalue weighted by Gasteiger charge is -2.15. The van der Waals surface area contributed by atoms with Crippen molar-refractivity contribution in [1.29, 1.82) is 0 Å². The van der Waals surface area contributed by atoms with Gasteiger partial charge in [-0.15, -0.1) is 0 Å². The van der Waals surface area contributed by atoms with E-state index in [9.17, 15) is 9.90 Å². The monoisotopic (exact) mass is 188 g/mol. The lowest BCUT2D eigenvalue weighted by Crippen LogP contribution is -2.21. The van der Waals surface area contributed by atoms with E-state index in [0.717, 1.165) is 12.8 Å². The van der Waals surface area contributed by atoms with Gasteiger partial charge in [-0.25, -0.2) is 0 Å². The predicted octanol–water partition coefficient (Wildman–Crippen LogP) is 0.540. The maximum atomic E-state index is 11.1. The zero-order valence-electron chi connectivity index (χ0n) is 8.03. The van der Waals surface area contributed by atoms with Crippen LogP contribution in [-0.4, -0.2) is 31.6 Å². The van der Waals surface area contributed by atoms with Gasteiger partial charge in [-0.1, -0.05) is 0 Å². The number of carbonyl (C=O) groups is 1. The first kappa shape index (κ1) is 10.5. The Morgan fingerprint density at radius 3 is 2.69 bits per heavy atom. The van der Waals surface area contributed by atoms with Crippen molar-refractivity contribution in [3.8, 4) is 0 Å². The van der Waals surface area contributed by atoms with Crippen LogP contribution in [0.2, 0.25) is 0 Å². The molecule has 0 aromatic heterocycles. The fourth-order valence-corrected chi connectivity index (χ4v) is 1.85. The third-order valence-corrected chi connectivity index (χ3v) is 2.65. The molecule has 1 saturated carbocycles. The Morgan fingerprint density at radius 1 is 1.46 bits per heavy atom. The highest BCUT2D eigenvalue weighted by Crippen LogP contribution is 2.33. The number of aliphatic hydroxyl groups excluding tert-OH is 1. The van der Waals surface area contributed by atoms with Gasteiger partial charge < -0.3 is 14.6 Å². The minimum atomic E-state index is -0.741. The maximum Gasteiger partial charge on any atom is 0.308 e. The van der Waals surface area contributed by atoms with E-state index in [1.165, 1.54) is 14.2 Å². The Kier molecular flexibility index (Phi) is 3.69. The molecule has 0 aromatic carbocycles. The molecular weight excluding hydrogens is 172 g/mol. The first-order valence-corrected chi connectivity index (χ1v) is 4.47. The van der Waals surface area contributed by atoms with Gasteiger partial charge in [-0.05, 0) is 19.3 Å². The fourth-order valence-electron chi connectivity index (χ4n) is 1.85. The smallest absolute Gasteiger partial charge is 0.308 e. The number of carbonyl (C=O) groups excluding carboxylic acids is 1. The number of aliphatic hydroxyl groups is 1. The van der Waals surface area contributed by atoms with E-state index in [2.05, 4.69) is 4.74 Å². The minimum Gasteiger partial charge on any atom is -0.469 e. The van der Waals surface area contributed by atoms with Crippen molar-refractivity contribution < 1.29 is 19.4 Å². The molecule has 0 bridgehead atoms. The molecule has 1 fully saturated rings. The van der Waals surface area contributed by atoms with Gasteiger partial charge in [-0.2, -0.15) is 0 Å². The van der Waals surface area contributed by atoms with Crippen LogP contribution in [0.1, 0.15) is 19.3 Å². The molecule has 1 aliphatic carbocycles. The highest BCUT2D eigenvalue weighted by molar-refractivity contribution is 5.72. The second-order valence-electron chi connectivity index (χ2n) is 3.42. The molecule has 0 heterocycles. The fraction of sp³-hybridized carbons (Fsp3) is 0.889. The van der Waals surface area contributed by atoms with Crippen molar-refractivity contribution in [3.05, 3.63) is 0 Å². The molecule has 4 heteroatoms. The van der Waals surface area contributed by atoms with Crippen molar-refractivity contribution >= 4 is 5.97 Å². The third kappa shape index (κ3) is 2.42. The summed E-state index contributed by atoms with van der Waals surface area (Å²) in [5.74, 6) is -0.153. The summed E-state index contributed by atoms with van der Waals surface area (Å²) in [6.07, 6.45) is 1.54. The van der Waals surface area contributed by atoms with Crippen LogP contribution in [-0.2, 0) is 14.3 Å². The molecular formula is C9H16O4. The van der Waals surface area contributed by atoms with Crippen LogP contribution >= 0.6 is 0 Å². The molecule has 3 atom stereocenters. The Balaban J connectivity index is 2.40. The van der Waals surface area contributed by atoms with E-state index >= 15 is 0 Å². The molecule has 1 aliphatic rings. The van der Waals surface area contributed by atoms with Gasteiger partial charge in [-0.3, -0.25) is 4.79 Å². The summed E-state index contributed by atoms with van der Waals surface area (Å²) in [6.45, 7) is 0. The van der Waals surface area contributed by atoms with Crippen LogP contribution in [0.5, 0.6) is 0 Å². The highest BCUT2D eigenvalue weighted by atomic mass is 16.6. The summed E-state index contributed by atoms with van der Waals surface area (Å²) < 4.78 is 9.43. The van der Waals surface area contributed by atoms with Crippen LogP contribution in [0, 0.1) is 11.8 Å². The van der Waals surface area contributed by atoms with E-state index in [0.29, 0.717) is 6.42 Å². The van der Waals surface area contributed by atoms with Crippen molar-refractivity contribution in [2.24, 2.45) is 11.8 Å². The number of hydrogen-bond donors (Lipinski definition) is 1. The highest BCUT2D eigenvalue weighted by Gasteiger charge is 2.34. The van der Waals surface area contributed by atoms with Gasteiger partial charge >= 0.3 is 5.97 Å². The topological polar surface area (TPSA) is 55.8 Å². The van der Waals surface area contributed by atoms with Crippen molar-refractivity contribution in [2.45, 2.75) is 25.6 Å². The van der Waals surface area contributed by atoms with E-state index in [-0.39, 0.29) is 17.8 Å². The molecule has 0 aliphatic heterocycles. The van der Waals surface area contributed by atoms with E-state index < -0.39 is 6.29 Å². The summed E-state index contributed by atoms with van der Waals surface area (Å²) in [5.41, 5.74) is 0. The zero-order chi connectivity index (χ0) is 9.84. The molecule has 0 spiro atoms. The van der Waals surface area contributed by atoms with E-state index in [1.807, 2.05) is 0 Å². The van der Waals surface area contributed by atoms with Gasteiger partial charge in [0.1, 0.15) is 0 Å². The second-order valence-corrected chi connectivity index (χ2v) is 3.42. The summed E-state index contributed by atoms with van der Waals surface area (Å²) in [4.78, 5) is 11.1. The molecule has 4 nitrogen and oxygen atoms in total. The summed E-state index contributed by atoms with van der Waals surface area (Å²) in [7, 11) is 2.86. The average Bonchev–Trinajstić information content (AvgIpc) is 2.64. The predicted molar refractivity (Wildman–Crippen MR) is 45.9 cm³/mol. The first-order chi connectivity index (χ1) is 6.19. The number of methoxy groups -OCH3 is 2. The summed E-state index contributed by atoms with van der Waals surface area (Å²) in [5, 5.41) is 9.36. The largest absolute Gasteiger partial charge is 0.469 e. The van der Waals surface area contributed by atoms with Crippen molar-refractivity contribution in [1.82, 2.24) is 0 Å². The Labute approximate surface area is 77.8 Å². The molecule has 0 aromatic rings. The molecule has 0 amide bonds. The SMILES string of the molecule is COC(=O)C1CCC(C(O)OC)C1. The van der Waals surface area contributed by atoms with Gasteiger partial charge in [0.15, 0.2) is 6.29 Å². The van der Waals surface area contributed by atoms with Gasteiger partial charge in [0, 0.05) is 13.0 Å². The maximum absolute atomic E-state index is 11.1. The zero-order valence-corrected chi connectivity index (χ0v) is 8.03. The second kappa shape index (κ2) is 4.58. The lowest BCUT2D eigenvalue weighted by molar-refractivity contribution is -0.146. The average molecular weight is 188 g/mol. The lowest BCUT2D eigenvalue weighted by atomic mass is 10.0. The van der Waals surface area contributed by atoms with Crippen LogP contribution in [0.3, 0.4) is 0 Å². The van der Waals surface area contributed by atoms with E-state index in [1.54, 1.807) is 0 Å². The van der Waals surface area contributed by atoms with E-state index in [4.69, 9.17) is 4.74 Å². The molecule has 1 N–H and O–H groups in total. The van der Waals surface area contributed by atoms with Gasteiger partial charge in [0.25, 0.3) is 0 Å². The molecule has 76 valence electrons. The number of esters is 1. The number of ether oxygens (including phenoxy) is 2. The molecule has 0 saturated heterocycles. The number of rotatable bonds is 3. The van der Waals surface area contributed by atoms with Gasteiger partial charge in [0.2, 0.25) is 0 Å². The Morgan fingerprint density at radius 2 is 2.15 bits per heavy atom. The molecule has 3 unspecified atom stereocenters. The molecule has 0 radical (unpaired) electrons. The quantitative estimate of drug-likeness (QED) is 0.519. The molecule has 13 heavy (non-hydrogen) atoms. The minimum absolute atomic E-state index is 0.0557. The molecule has 1 rings (SSSR count). The Hall–Kier alpha value is -0.610. The normalized spacial score (nSPS) is 30.1. The number of hydrogen-bond acceptors (Lipinski definition) is 4. The van der Waals surface area contributed by atoms with Crippen molar-refractivity contribution in [3.63, 3.8) is 0 Å². The third-order valence-electron chi connectivity index (χ3n) is 2.65. The van der Waals surface area contributed by atoms with Crippen LogP contribution in [0.25, 0.3) is 0 Å². The van der Waals surface area contributed by atoms with Gasteiger partial charge in [0.05, 0.1) is 13.0 Å². The van der Waals surface area contributed by atoms with Crippen molar-refractivity contribution in [2.75, 3.05) is 14.2 Å². The first-order valence-electron chi connectivity index (χ1n) is 4.47. The summed E-state index contributed by atoms with van der Waals surface area (Å²) >= 11 is 0. The summed E-state index contributed by atoms with van der Waals surface area (Å²) in [6, 6.07) is 0. The van der Waals surface area contributed by atoms with Crippen LogP contribution in [0.4, 0.5) is 0 Å². The van der Waals surface area contributed by atoms with Crippen LogP contribution in [0.15, 0.2) is 0 Å². The Bertz CT molecular complexity index is 180.